The second kappa shape index (κ2) is 6.65. The van der Waals surface area contributed by atoms with Crippen LogP contribution in [-0.4, -0.2) is 31.8 Å². The van der Waals surface area contributed by atoms with Gasteiger partial charge in [-0.3, -0.25) is 4.90 Å². The zero-order valence-corrected chi connectivity index (χ0v) is 15.3. The van der Waals surface area contributed by atoms with Crippen LogP contribution in [0.5, 0.6) is 0 Å². The molecule has 6 heteroatoms. The minimum atomic E-state index is -1.23. The molecule has 126 valence electrons. The molecule has 0 fully saturated rings. The molecule has 1 aliphatic heterocycles. The van der Waals surface area contributed by atoms with Gasteiger partial charge < -0.3 is 10.1 Å². The van der Waals surface area contributed by atoms with Gasteiger partial charge in [0.2, 0.25) is 6.17 Å². The van der Waals surface area contributed by atoms with E-state index in [-0.39, 0.29) is 5.97 Å². The Morgan fingerprint density at radius 1 is 1.21 bits per heavy atom. The van der Waals surface area contributed by atoms with Crippen molar-refractivity contribution >= 4 is 31.2 Å². The van der Waals surface area contributed by atoms with Crippen molar-refractivity contribution in [1.82, 2.24) is 4.98 Å². The average Bonchev–Trinajstić information content (AvgIpc) is 2.94. The van der Waals surface area contributed by atoms with E-state index in [4.69, 9.17) is 4.74 Å². The second-order valence-electron chi connectivity index (χ2n) is 7.11. The van der Waals surface area contributed by atoms with Crippen molar-refractivity contribution in [1.29, 1.82) is 0 Å². The van der Waals surface area contributed by atoms with E-state index in [1.54, 1.807) is 6.20 Å². The van der Waals surface area contributed by atoms with Crippen molar-refractivity contribution in [2.45, 2.75) is 31.9 Å². The van der Waals surface area contributed by atoms with Gasteiger partial charge in [0.1, 0.15) is 0 Å². The van der Waals surface area contributed by atoms with Gasteiger partial charge in [0, 0.05) is 20.0 Å². The summed E-state index contributed by atoms with van der Waals surface area (Å²) in [7, 11) is -1.23. The first-order chi connectivity index (χ1) is 11.5. The van der Waals surface area contributed by atoms with E-state index in [0.29, 0.717) is 6.61 Å². The first-order valence-electron chi connectivity index (χ1n) is 8.18. The average molecular weight is 341 g/mol. The van der Waals surface area contributed by atoms with E-state index in [9.17, 15) is 4.79 Å². The largest absolute Gasteiger partial charge is 0.463 e. The topological polar surface area (TPSA) is 54.5 Å². The molecule has 3 rings (SSSR count). The Morgan fingerprint density at radius 3 is 2.67 bits per heavy atom. The fraction of sp³-hybridized carbons (Fsp3) is 0.333. The third-order valence-electron chi connectivity index (χ3n) is 3.92. The smallest absolute Gasteiger partial charge is 0.350 e. The van der Waals surface area contributed by atoms with Crippen molar-refractivity contribution in [2.75, 3.05) is 16.8 Å². The van der Waals surface area contributed by atoms with E-state index >= 15 is 0 Å². The lowest BCUT2D eigenvalue weighted by Crippen LogP contribution is -2.41. The lowest BCUT2D eigenvalue weighted by molar-refractivity contribution is -0.143. The van der Waals surface area contributed by atoms with E-state index in [1.165, 1.54) is 0 Å². The molecule has 1 atom stereocenters. The monoisotopic (exact) mass is 341 g/mol. The molecule has 2 heterocycles. The van der Waals surface area contributed by atoms with Crippen molar-refractivity contribution < 1.29 is 9.53 Å². The molecule has 1 aromatic carbocycles. The number of nitrogens with zero attached hydrogens (tertiary/aromatic N) is 2. The van der Waals surface area contributed by atoms with Crippen LogP contribution in [-0.2, 0) is 9.53 Å². The third kappa shape index (κ3) is 3.59. The summed E-state index contributed by atoms with van der Waals surface area (Å²) < 4.78 is 5.55. The highest BCUT2D eigenvalue weighted by Gasteiger charge is 2.37. The summed E-state index contributed by atoms with van der Waals surface area (Å²) >= 11 is 0. The fourth-order valence-corrected chi connectivity index (χ4v) is 3.31. The number of fused-ring (bicyclic) bond motifs is 1. The molecule has 0 spiro atoms. The number of hydrogen-bond acceptors (Lipinski definition) is 5. The van der Waals surface area contributed by atoms with Crippen LogP contribution in [0.25, 0.3) is 0 Å². The van der Waals surface area contributed by atoms with Gasteiger partial charge in [0.15, 0.2) is 5.82 Å². The third-order valence-corrected chi connectivity index (χ3v) is 5.62. The molecule has 1 aliphatic rings. The minimum absolute atomic E-state index is 0.268. The zero-order valence-electron chi connectivity index (χ0n) is 14.3. The molecule has 0 aliphatic carbocycles. The SMILES string of the molecule is C[Si](C)(C)CCOC(=O)C1Nc2cccnc2N1c1ccccc1. The quantitative estimate of drug-likeness (QED) is 0.661. The highest BCUT2D eigenvalue weighted by Crippen LogP contribution is 2.38. The zero-order chi connectivity index (χ0) is 17.2. The van der Waals surface area contributed by atoms with Crippen molar-refractivity contribution in [2.24, 2.45) is 0 Å². The number of carbonyl (C=O) groups is 1. The lowest BCUT2D eigenvalue weighted by Gasteiger charge is -2.25. The summed E-state index contributed by atoms with van der Waals surface area (Å²) in [5.74, 6) is 0.478. The first-order valence-corrected chi connectivity index (χ1v) is 11.9. The number of para-hydroxylation sites is 1. The molecule has 0 amide bonds. The molecular formula is C18H23N3O2Si. The highest BCUT2D eigenvalue weighted by molar-refractivity contribution is 6.76. The summed E-state index contributed by atoms with van der Waals surface area (Å²) in [6.45, 7) is 7.28. The van der Waals surface area contributed by atoms with Crippen LogP contribution < -0.4 is 10.2 Å². The van der Waals surface area contributed by atoms with Gasteiger partial charge in [-0.15, -0.1) is 0 Å². The minimum Gasteiger partial charge on any atom is -0.463 e. The van der Waals surface area contributed by atoms with E-state index < -0.39 is 14.2 Å². The summed E-state index contributed by atoms with van der Waals surface area (Å²) in [6, 6.07) is 14.5. The highest BCUT2D eigenvalue weighted by atomic mass is 28.3. The summed E-state index contributed by atoms with van der Waals surface area (Å²) in [6.07, 6.45) is 1.15. The van der Waals surface area contributed by atoms with Crippen LogP contribution in [0.3, 0.4) is 0 Å². The molecule has 1 aromatic heterocycles. The van der Waals surface area contributed by atoms with Gasteiger partial charge in [-0.2, -0.15) is 0 Å². The number of esters is 1. The van der Waals surface area contributed by atoms with Crippen molar-refractivity contribution in [3.63, 3.8) is 0 Å². The normalized spacial score (nSPS) is 16.5. The fourth-order valence-electron chi connectivity index (χ4n) is 2.60. The lowest BCUT2D eigenvalue weighted by atomic mass is 10.2. The number of nitrogens with one attached hydrogen (secondary N) is 1. The maximum Gasteiger partial charge on any atom is 0.350 e. The van der Waals surface area contributed by atoms with Crippen LogP contribution in [0, 0.1) is 0 Å². The van der Waals surface area contributed by atoms with Gasteiger partial charge in [-0.1, -0.05) is 37.8 Å². The number of pyridine rings is 1. The molecule has 1 N–H and O–H groups in total. The number of aromatic nitrogens is 1. The maximum absolute atomic E-state index is 12.6. The first kappa shape index (κ1) is 16.5. The number of benzene rings is 1. The molecule has 0 saturated carbocycles. The van der Waals surface area contributed by atoms with Crippen LogP contribution in [0.4, 0.5) is 17.2 Å². The molecule has 5 nitrogen and oxygen atoms in total. The predicted octanol–water partition coefficient (Wildman–Crippen LogP) is 3.85. The van der Waals surface area contributed by atoms with E-state index in [1.807, 2.05) is 47.4 Å². The predicted molar refractivity (Wildman–Crippen MR) is 99.3 cm³/mol. The van der Waals surface area contributed by atoms with Gasteiger partial charge in [0.05, 0.1) is 12.3 Å². The van der Waals surface area contributed by atoms with Crippen molar-refractivity contribution in [3.05, 3.63) is 48.7 Å². The molecule has 0 bridgehead atoms. The Hall–Kier alpha value is -2.34. The molecule has 1 unspecified atom stereocenters. The second-order valence-corrected chi connectivity index (χ2v) is 12.7. The standard InChI is InChI=1S/C18H23N3O2Si/c1-24(2,3)13-12-23-18(22)17-20-15-10-7-11-19-16(15)21(17)14-8-5-4-6-9-14/h4-11,17,20H,12-13H2,1-3H3. The summed E-state index contributed by atoms with van der Waals surface area (Å²) in [5.41, 5.74) is 1.75. The van der Waals surface area contributed by atoms with Crippen LogP contribution in [0.2, 0.25) is 25.7 Å². The summed E-state index contributed by atoms with van der Waals surface area (Å²) in [5, 5.41) is 3.23. The number of ether oxygens (including phenoxy) is 1. The van der Waals surface area contributed by atoms with Crippen LogP contribution in [0.15, 0.2) is 48.7 Å². The number of rotatable bonds is 5. The molecule has 0 radical (unpaired) electrons. The van der Waals surface area contributed by atoms with Gasteiger partial charge >= 0.3 is 5.97 Å². The van der Waals surface area contributed by atoms with E-state index in [2.05, 4.69) is 29.9 Å². The number of hydrogen-bond donors (Lipinski definition) is 1. The molecule has 24 heavy (non-hydrogen) atoms. The Labute approximate surface area is 143 Å². The Morgan fingerprint density at radius 2 is 1.96 bits per heavy atom. The molecular weight excluding hydrogens is 318 g/mol. The van der Waals surface area contributed by atoms with Gasteiger partial charge in [-0.05, 0) is 30.3 Å². The Kier molecular flexibility index (Phi) is 4.57. The number of anilines is 3. The summed E-state index contributed by atoms with van der Waals surface area (Å²) in [4.78, 5) is 19.0. The van der Waals surface area contributed by atoms with Gasteiger partial charge in [0.25, 0.3) is 0 Å². The maximum atomic E-state index is 12.6. The van der Waals surface area contributed by atoms with Crippen LogP contribution in [0.1, 0.15) is 0 Å². The molecule has 0 saturated heterocycles. The van der Waals surface area contributed by atoms with Crippen molar-refractivity contribution in [3.8, 4) is 0 Å². The van der Waals surface area contributed by atoms with E-state index in [0.717, 1.165) is 23.2 Å². The van der Waals surface area contributed by atoms with Gasteiger partial charge in [-0.25, -0.2) is 9.78 Å². The Balaban J connectivity index is 1.81. The van der Waals surface area contributed by atoms with Crippen LogP contribution >= 0.6 is 0 Å². The Bertz CT molecular complexity index is 716. The number of carbonyl (C=O) groups excluding carboxylic acids is 1. The molecule has 2 aromatic rings.